The highest BCUT2D eigenvalue weighted by Crippen LogP contribution is 2.39. The Morgan fingerprint density at radius 1 is 1.30 bits per heavy atom. The summed E-state index contributed by atoms with van der Waals surface area (Å²) in [6, 6.07) is -0.360. The minimum absolute atomic E-state index is 0. The van der Waals surface area contributed by atoms with E-state index >= 15 is 0 Å². The van der Waals surface area contributed by atoms with Crippen molar-refractivity contribution >= 4 is 30.3 Å². The number of nitrogens with two attached hydrogens (primary N) is 1. The van der Waals surface area contributed by atoms with Crippen molar-refractivity contribution in [2.75, 3.05) is 20.1 Å². The molecule has 0 radical (unpaired) electrons. The molecule has 0 aromatic rings. The summed E-state index contributed by atoms with van der Waals surface area (Å²) in [7, 11) is 1.67. The fourth-order valence-electron chi connectivity index (χ4n) is 3.31. The van der Waals surface area contributed by atoms with E-state index in [-0.39, 0.29) is 42.8 Å². The van der Waals surface area contributed by atoms with Crippen LogP contribution in [-0.2, 0) is 9.59 Å². The first-order chi connectivity index (χ1) is 10.4. The molecule has 1 atom stereocenters. The topological polar surface area (TPSA) is 95.7 Å². The predicted octanol–water partition coefficient (Wildman–Crippen LogP) is 0.859. The van der Waals surface area contributed by atoms with Crippen LogP contribution in [0.15, 0.2) is 0 Å². The predicted molar refractivity (Wildman–Crippen MR) is 89.2 cm³/mol. The van der Waals surface area contributed by atoms with Crippen LogP contribution in [0.25, 0.3) is 0 Å². The number of hydrogen-bond donors (Lipinski definition) is 2. The molecule has 2 aliphatic rings. The lowest BCUT2D eigenvalue weighted by Crippen LogP contribution is -2.49. The van der Waals surface area contributed by atoms with Gasteiger partial charge in [0.05, 0.1) is 0 Å². The van der Waals surface area contributed by atoms with E-state index < -0.39 is 5.54 Å². The summed E-state index contributed by atoms with van der Waals surface area (Å²) in [5.74, 6) is -0.536. The highest BCUT2D eigenvalue weighted by Gasteiger charge is 2.55. The molecular formula is C15H27ClN4O3. The van der Waals surface area contributed by atoms with E-state index in [1.807, 2.05) is 6.92 Å². The summed E-state index contributed by atoms with van der Waals surface area (Å²) < 4.78 is 0. The number of nitrogens with one attached hydrogen (secondary N) is 1. The number of nitrogens with zero attached hydrogens (tertiary/aromatic N) is 2. The molecule has 1 spiro atoms. The average Bonchev–Trinajstić information content (AvgIpc) is 2.64. The number of rotatable bonds is 5. The number of carbonyl (C=O) groups excluding carboxylic acids is 3. The van der Waals surface area contributed by atoms with E-state index in [1.54, 1.807) is 7.05 Å². The summed E-state index contributed by atoms with van der Waals surface area (Å²) in [6.07, 6.45) is 5.02. The Morgan fingerprint density at radius 2 is 1.91 bits per heavy atom. The van der Waals surface area contributed by atoms with Crippen molar-refractivity contribution < 1.29 is 14.4 Å². The van der Waals surface area contributed by atoms with Crippen LogP contribution >= 0.6 is 12.4 Å². The second-order valence-electron chi connectivity index (χ2n) is 6.44. The second-order valence-corrected chi connectivity index (χ2v) is 6.44. The first kappa shape index (κ1) is 19.7. The maximum absolute atomic E-state index is 12.7. The molecule has 4 amide bonds. The van der Waals surface area contributed by atoms with Gasteiger partial charge < -0.3 is 16.0 Å². The van der Waals surface area contributed by atoms with Crippen LogP contribution < -0.4 is 11.1 Å². The highest BCUT2D eigenvalue weighted by molar-refractivity contribution is 6.08. The molecule has 1 heterocycles. The molecular weight excluding hydrogens is 320 g/mol. The largest absolute Gasteiger partial charge is 0.354 e. The van der Waals surface area contributed by atoms with Gasteiger partial charge in [-0.25, -0.2) is 4.79 Å². The fraction of sp³-hybridized carbons (Fsp3) is 0.800. The SMILES string of the molecule is CC(N)CCNC(=O)CN1C(=O)N(C)C2(CCCCC2)C1=O.Cl. The summed E-state index contributed by atoms with van der Waals surface area (Å²) >= 11 is 0. The van der Waals surface area contributed by atoms with Gasteiger partial charge in [0.2, 0.25) is 5.91 Å². The van der Waals surface area contributed by atoms with Gasteiger partial charge >= 0.3 is 6.03 Å². The van der Waals surface area contributed by atoms with Crippen LogP contribution in [0.3, 0.4) is 0 Å². The van der Waals surface area contributed by atoms with Crippen molar-refractivity contribution in [1.29, 1.82) is 0 Å². The summed E-state index contributed by atoms with van der Waals surface area (Å²) in [4.78, 5) is 39.6. The van der Waals surface area contributed by atoms with Crippen molar-refractivity contribution in [3.63, 3.8) is 0 Å². The van der Waals surface area contributed by atoms with E-state index in [0.717, 1.165) is 24.2 Å². The molecule has 1 aliphatic carbocycles. The van der Waals surface area contributed by atoms with Gasteiger partial charge in [-0.2, -0.15) is 0 Å². The molecule has 2 rings (SSSR count). The van der Waals surface area contributed by atoms with E-state index in [9.17, 15) is 14.4 Å². The Labute approximate surface area is 143 Å². The molecule has 2 fully saturated rings. The van der Waals surface area contributed by atoms with Crippen LogP contribution in [-0.4, -0.2) is 59.4 Å². The van der Waals surface area contributed by atoms with Gasteiger partial charge in [-0.05, 0) is 26.2 Å². The van der Waals surface area contributed by atoms with Gasteiger partial charge in [-0.15, -0.1) is 12.4 Å². The average molecular weight is 347 g/mol. The molecule has 1 saturated heterocycles. The lowest BCUT2D eigenvalue weighted by Gasteiger charge is -2.35. The molecule has 8 heteroatoms. The van der Waals surface area contributed by atoms with Crippen molar-refractivity contribution in [2.24, 2.45) is 5.73 Å². The highest BCUT2D eigenvalue weighted by atomic mass is 35.5. The van der Waals surface area contributed by atoms with Crippen molar-refractivity contribution in [3.05, 3.63) is 0 Å². The number of halogens is 1. The third kappa shape index (κ3) is 3.95. The maximum Gasteiger partial charge on any atom is 0.327 e. The number of amides is 4. The number of imide groups is 1. The quantitative estimate of drug-likeness (QED) is 0.722. The zero-order valence-electron chi connectivity index (χ0n) is 13.8. The Kier molecular flexibility index (Phi) is 6.83. The van der Waals surface area contributed by atoms with Crippen LogP contribution in [0.1, 0.15) is 45.4 Å². The van der Waals surface area contributed by atoms with E-state index in [4.69, 9.17) is 5.73 Å². The number of urea groups is 1. The third-order valence-electron chi connectivity index (χ3n) is 4.71. The van der Waals surface area contributed by atoms with Gasteiger partial charge in [-0.1, -0.05) is 19.3 Å². The summed E-state index contributed by atoms with van der Waals surface area (Å²) in [6.45, 7) is 2.11. The number of hydrogen-bond acceptors (Lipinski definition) is 4. The Hall–Kier alpha value is -1.34. The molecule has 0 aromatic carbocycles. The van der Waals surface area contributed by atoms with Gasteiger partial charge in [0.1, 0.15) is 12.1 Å². The van der Waals surface area contributed by atoms with Crippen molar-refractivity contribution in [3.8, 4) is 0 Å². The van der Waals surface area contributed by atoms with Gasteiger partial charge in [-0.3, -0.25) is 14.5 Å². The van der Waals surface area contributed by atoms with Gasteiger partial charge in [0.15, 0.2) is 0 Å². The minimum Gasteiger partial charge on any atom is -0.354 e. The van der Waals surface area contributed by atoms with E-state index in [1.165, 1.54) is 4.90 Å². The minimum atomic E-state index is -0.721. The lowest BCUT2D eigenvalue weighted by molar-refractivity contribution is -0.137. The zero-order chi connectivity index (χ0) is 16.3. The number of likely N-dealkylation sites (N-methyl/N-ethyl adjacent to an activating group) is 1. The lowest BCUT2D eigenvalue weighted by atomic mass is 9.81. The molecule has 23 heavy (non-hydrogen) atoms. The Morgan fingerprint density at radius 3 is 2.48 bits per heavy atom. The molecule has 132 valence electrons. The zero-order valence-corrected chi connectivity index (χ0v) is 14.7. The molecule has 0 aromatic heterocycles. The third-order valence-corrected chi connectivity index (χ3v) is 4.71. The van der Waals surface area contributed by atoms with Crippen LogP contribution in [0.4, 0.5) is 4.79 Å². The van der Waals surface area contributed by atoms with Crippen LogP contribution in [0.2, 0.25) is 0 Å². The summed E-state index contributed by atoms with van der Waals surface area (Å²) in [5.41, 5.74) is 4.90. The maximum atomic E-state index is 12.7. The van der Waals surface area contributed by atoms with Gasteiger partial charge in [0.25, 0.3) is 5.91 Å². The monoisotopic (exact) mass is 346 g/mol. The smallest absolute Gasteiger partial charge is 0.327 e. The second kappa shape index (κ2) is 7.97. The van der Waals surface area contributed by atoms with Gasteiger partial charge in [0, 0.05) is 19.6 Å². The molecule has 1 aliphatic heterocycles. The molecule has 7 nitrogen and oxygen atoms in total. The first-order valence-electron chi connectivity index (χ1n) is 8.00. The molecule has 3 N–H and O–H groups in total. The van der Waals surface area contributed by atoms with Crippen LogP contribution in [0.5, 0.6) is 0 Å². The first-order valence-corrected chi connectivity index (χ1v) is 8.00. The molecule has 1 saturated carbocycles. The van der Waals surface area contributed by atoms with E-state index in [0.29, 0.717) is 25.8 Å². The molecule has 0 bridgehead atoms. The fourth-order valence-corrected chi connectivity index (χ4v) is 3.31. The standard InChI is InChI=1S/C15H26N4O3.ClH/c1-11(16)6-9-17-12(20)10-19-13(21)15(18(2)14(19)22)7-4-3-5-8-15;/h11H,3-10,16H2,1-2H3,(H,17,20);1H. The Balaban J connectivity index is 0.00000264. The van der Waals surface area contributed by atoms with E-state index in [2.05, 4.69) is 5.32 Å². The van der Waals surface area contributed by atoms with Crippen molar-refractivity contribution in [2.45, 2.75) is 57.0 Å². The Bertz CT molecular complexity index is 464. The van der Waals surface area contributed by atoms with Crippen LogP contribution in [0, 0.1) is 0 Å². The molecule has 1 unspecified atom stereocenters. The van der Waals surface area contributed by atoms with Crippen molar-refractivity contribution in [1.82, 2.24) is 15.1 Å². The summed E-state index contributed by atoms with van der Waals surface area (Å²) in [5, 5.41) is 2.70. The normalized spacial score (nSPS) is 21.3. The number of carbonyl (C=O) groups is 3.